The quantitative estimate of drug-likeness (QED) is 0.603. The molecule has 0 saturated heterocycles. The van der Waals surface area contributed by atoms with Crippen LogP contribution in [0, 0.1) is 5.92 Å². The van der Waals surface area contributed by atoms with Crippen LogP contribution in [0.5, 0.6) is 0 Å². The summed E-state index contributed by atoms with van der Waals surface area (Å²) in [5, 5.41) is 0. The van der Waals surface area contributed by atoms with Gasteiger partial charge >= 0.3 is 0 Å². The Balaban J connectivity index is 3.12. The fraction of sp³-hybridized carbons (Fsp3) is 0.381. The minimum absolute atomic E-state index is 0.0306. The standard InChI is InChI=1S/C21H29FN2/c1-13(2)21-14(3)9-8-10-19(21)11-15(4)16(5)17(6)20(22)12-24-18(7)23/h10-12,16H,1,7-9,23H2,2-6H3/b15-11+,20-17-,24-12?. The molecule has 0 aliphatic heterocycles. The van der Waals surface area contributed by atoms with Crippen LogP contribution in [0.15, 0.2) is 75.4 Å². The largest absolute Gasteiger partial charge is 0.384 e. The predicted molar refractivity (Wildman–Crippen MR) is 103 cm³/mol. The Labute approximate surface area is 145 Å². The van der Waals surface area contributed by atoms with E-state index in [4.69, 9.17) is 5.73 Å². The van der Waals surface area contributed by atoms with Gasteiger partial charge in [0.2, 0.25) is 0 Å². The lowest BCUT2D eigenvalue weighted by molar-refractivity contribution is 0.643. The van der Waals surface area contributed by atoms with Crippen molar-refractivity contribution in [1.29, 1.82) is 0 Å². The van der Waals surface area contributed by atoms with E-state index in [1.807, 2.05) is 20.8 Å². The molecule has 0 bridgehead atoms. The van der Waals surface area contributed by atoms with Gasteiger partial charge in [-0.15, -0.1) is 0 Å². The molecule has 3 heteroatoms. The van der Waals surface area contributed by atoms with E-state index in [0.717, 1.165) is 30.2 Å². The second-order valence-corrected chi connectivity index (χ2v) is 6.52. The third kappa shape index (κ3) is 5.19. The van der Waals surface area contributed by atoms with E-state index >= 15 is 0 Å². The van der Waals surface area contributed by atoms with E-state index in [1.54, 1.807) is 6.92 Å². The van der Waals surface area contributed by atoms with E-state index in [1.165, 1.54) is 16.7 Å². The van der Waals surface area contributed by atoms with Crippen LogP contribution in [0.25, 0.3) is 0 Å². The average molecular weight is 328 g/mol. The van der Waals surface area contributed by atoms with Crippen LogP contribution in [0.3, 0.4) is 0 Å². The number of nitrogens with zero attached hydrogens (tertiary/aromatic N) is 1. The summed E-state index contributed by atoms with van der Waals surface area (Å²) in [6.45, 7) is 17.5. The number of aliphatic imine (C=N–C) groups is 1. The fourth-order valence-electron chi connectivity index (χ4n) is 2.82. The third-order valence-corrected chi connectivity index (χ3v) is 4.46. The van der Waals surface area contributed by atoms with Crippen molar-refractivity contribution in [3.05, 3.63) is 70.4 Å². The zero-order chi connectivity index (χ0) is 18.4. The number of hydrogen-bond acceptors (Lipinski definition) is 2. The molecule has 2 N–H and O–H groups in total. The highest BCUT2D eigenvalue weighted by Gasteiger charge is 2.16. The monoisotopic (exact) mass is 328 g/mol. The average Bonchev–Trinajstić information content (AvgIpc) is 2.50. The molecule has 130 valence electrons. The predicted octanol–water partition coefficient (Wildman–Crippen LogP) is 5.93. The van der Waals surface area contributed by atoms with Crippen LogP contribution in [-0.2, 0) is 0 Å². The van der Waals surface area contributed by atoms with Gasteiger partial charge in [-0.1, -0.05) is 49.0 Å². The van der Waals surface area contributed by atoms with Crippen molar-refractivity contribution in [2.45, 2.75) is 47.5 Å². The van der Waals surface area contributed by atoms with Crippen molar-refractivity contribution in [2.75, 3.05) is 0 Å². The maximum atomic E-state index is 14.2. The van der Waals surface area contributed by atoms with Gasteiger partial charge in [-0.05, 0) is 57.3 Å². The number of hydrogen-bond donors (Lipinski definition) is 1. The van der Waals surface area contributed by atoms with Gasteiger partial charge in [0, 0.05) is 5.92 Å². The maximum absolute atomic E-state index is 14.2. The number of rotatable bonds is 6. The van der Waals surface area contributed by atoms with E-state index in [2.05, 4.69) is 37.2 Å². The zero-order valence-electron chi connectivity index (χ0n) is 15.5. The lowest BCUT2D eigenvalue weighted by Gasteiger charge is -2.21. The van der Waals surface area contributed by atoms with Crippen LogP contribution in [0.4, 0.5) is 4.39 Å². The summed E-state index contributed by atoms with van der Waals surface area (Å²) in [6, 6.07) is 0. The van der Waals surface area contributed by atoms with Gasteiger partial charge in [-0.3, -0.25) is 0 Å². The van der Waals surface area contributed by atoms with E-state index in [-0.39, 0.29) is 17.6 Å². The molecule has 1 unspecified atom stereocenters. The SMILES string of the molecule is C=C(N)N=C/C(F)=C(\C)C(C)/C(C)=C/C1=CCCC(C)=C1C(=C)C. The zero-order valence-corrected chi connectivity index (χ0v) is 15.5. The summed E-state index contributed by atoms with van der Waals surface area (Å²) in [5.41, 5.74) is 11.9. The topological polar surface area (TPSA) is 38.4 Å². The molecule has 0 aromatic carbocycles. The van der Waals surface area contributed by atoms with Crippen LogP contribution < -0.4 is 5.73 Å². The second kappa shape index (κ2) is 8.62. The van der Waals surface area contributed by atoms with Gasteiger partial charge in [-0.2, -0.15) is 0 Å². The summed E-state index contributed by atoms with van der Waals surface area (Å²) in [6.07, 6.45) is 7.62. The van der Waals surface area contributed by atoms with Crippen molar-refractivity contribution >= 4 is 6.21 Å². The number of halogens is 1. The molecule has 1 aliphatic rings. The minimum Gasteiger partial charge on any atom is -0.384 e. The molecule has 0 aromatic rings. The Morgan fingerprint density at radius 3 is 2.50 bits per heavy atom. The highest BCUT2D eigenvalue weighted by molar-refractivity contribution is 5.77. The Hall–Kier alpha value is -2.16. The van der Waals surface area contributed by atoms with Crippen molar-refractivity contribution in [3.63, 3.8) is 0 Å². The molecule has 1 rings (SSSR count). The summed E-state index contributed by atoms with van der Waals surface area (Å²) >= 11 is 0. The lowest BCUT2D eigenvalue weighted by atomic mass is 9.85. The molecule has 0 saturated carbocycles. The van der Waals surface area contributed by atoms with Crippen LogP contribution in [0.2, 0.25) is 0 Å². The highest BCUT2D eigenvalue weighted by atomic mass is 19.1. The molecule has 24 heavy (non-hydrogen) atoms. The number of nitrogens with two attached hydrogens (primary N) is 1. The van der Waals surface area contributed by atoms with Crippen molar-refractivity contribution in [3.8, 4) is 0 Å². The van der Waals surface area contributed by atoms with Crippen LogP contribution in [-0.4, -0.2) is 6.21 Å². The van der Waals surface area contributed by atoms with Gasteiger partial charge in [-0.25, -0.2) is 9.38 Å². The van der Waals surface area contributed by atoms with E-state index in [9.17, 15) is 4.39 Å². The van der Waals surface area contributed by atoms with Gasteiger partial charge in [0.05, 0.1) is 6.21 Å². The molecule has 2 nitrogen and oxygen atoms in total. The molecule has 0 amide bonds. The van der Waals surface area contributed by atoms with E-state index < -0.39 is 0 Å². The molecule has 0 spiro atoms. The Bertz CT molecular complexity index is 685. The van der Waals surface area contributed by atoms with E-state index in [0.29, 0.717) is 5.57 Å². The first-order chi connectivity index (χ1) is 11.1. The Morgan fingerprint density at radius 2 is 1.96 bits per heavy atom. The molecule has 0 fully saturated rings. The lowest BCUT2D eigenvalue weighted by Crippen LogP contribution is -2.04. The molecule has 0 radical (unpaired) electrons. The fourth-order valence-corrected chi connectivity index (χ4v) is 2.82. The normalized spacial score (nSPS) is 18.4. The first-order valence-electron chi connectivity index (χ1n) is 8.24. The smallest absolute Gasteiger partial charge is 0.141 e. The summed E-state index contributed by atoms with van der Waals surface area (Å²) in [4.78, 5) is 3.72. The summed E-state index contributed by atoms with van der Waals surface area (Å²) in [7, 11) is 0. The third-order valence-electron chi connectivity index (χ3n) is 4.46. The van der Waals surface area contributed by atoms with Gasteiger partial charge < -0.3 is 5.73 Å². The first kappa shape index (κ1) is 19.9. The summed E-state index contributed by atoms with van der Waals surface area (Å²) < 4.78 is 14.2. The minimum atomic E-state index is -0.369. The summed E-state index contributed by atoms with van der Waals surface area (Å²) in [5.74, 6) is -0.305. The first-order valence-corrected chi connectivity index (χ1v) is 8.24. The molecule has 1 aliphatic carbocycles. The molecular formula is C21H29FN2. The van der Waals surface area contributed by atoms with Crippen molar-refractivity contribution in [2.24, 2.45) is 16.6 Å². The van der Waals surface area contributed by atoms with Crippen LogP contribution in [0.1, 0.15) is 47.5 Å². The van der Waals surface area contributed by atoms with Crippen molar-refractivity contribution in [1.82, 2.24) is 0 Å². The van der Waals surface area contributed by atoms with Gasteiger partial charge in [0.25, 0.3) is 0 Å². The highest BCUT2D eigenvalue weighted by Crippen LogP contribution is 2.33. The molecule has 0 heterocycles. The molecular weight excluding hydrogens is 299 g/mol. The Morgan fingerprint density at radius 1 is 1.33 bits per heavy atom. The molecule has 1 atom stereocenters. The van der Waals surface area contributed by atoms with Gasteiger partial charge in [0.1, 0.15) is 11.6 Å². The second-order valence-electron chi connectivity index (χ2n) is 6.52. The van der Waals surface area contributed by atoms with Crippen molar-refractivity contribution < 1.29 is 4.39 Å². The van der Waals surface area contributed by atoms with Crippen LogP contribution >= 0.6 is 0 Å². The maximum Gasteiger partial charge on any atom is 0.141 e. The Kier molecular flexibility index (Phi) is 7.15. The number of allylic oxidation sites excluding steroid dienone is 9. The molecule has 0 aromatic heterocycles. The van der Waals surface area contributed by atoms with Gasteiger partial charge in [0.15, 0.2) is 0 Å².